The van der Waals surface area contributed by atoms with Crippen molar-refractivity contribution in [2.24, 2.45) is 10.7 Å². The van der Waals surface area contributed by atoms with Gasteiger partial charge in [-0.2, -0.15) is 0 Å². The van der Waals surface area contributed by atoms with Gasteiger partial charge in [-0.15, -0.1) is 11.3 Å². The van der Waals surface area contributed by atoms with Gasteiger partial charge in [-0.05, 0) is 32.4 Å². The Kier molecular flexibility index (Phi) is 5.35. The summed E-state index contributed by atoms with van der Waals surface area (Å²) in [6, 6.07) is 8.26. The van der Waals surface area contributed by atoms with Gasteiger partial charge in [0.05, 0.1) is 15.2 Å². The predicted octanol–water partition coefficient (Wildman–Crippen LogP) is 2.89. The van der Waals surface area contributed by atoms with Gasteiger partial charge in [0.1, 0.15) is 0 Å². The highest BCUT2D eigenvalue weighted by Gasteiger charge is 2.04. The molecule has 0 unspecified atom stereocenters. The van der Waals surface area contributed by atoms with Crippen LogP contribution < -0.4 is 5.73 Å². The first-order valence-electron chi connectivity index (χ1n) is 7.14. The van der Waals surface area contributed by atoms with Crippen molar-refractivity contribution in [2.75, 3.05) is 19.6 Å². The van der Waals surface area contributed by atoms with Gasteiger partial charge in [0.25, 0.3) is 0 Å². The van der Waals surface area contributed by atoms with Crippen LogP contribution in [0.3, 0.4) is 0 Å². The molecule has 0 saturated heterocycles. The maximum Gasteiger partial charge on any atom is 0.191 e. The van der Waals surface area contributed by atoms with Gasteiger partial charge in [0, 0.05) is 26.1 Å². The number of nitrogens with zero attached hydrogens (tertiary/aromatic N) is 3. The maximum atomic E-state index is 5.94. The van der Waals surface area contributed by atoms with Gasteiger partial charge in [-0.25, -0.2) is 4.98 Å². The number of aliphatic imine (C=N–C) groups is 1. The second kappa shape index (κ2) is 7.24. The highest BCUT2D eigenvalue weighted by molar-refractivity contribution is 7.18. The van der Waals surface area contributed by atoms with Crippen LogP contribution in [0.1, 0.15) is 25.3 Å². The topological polar surface area (TPSA) is 54.5 Å². The number of hydrogen-bond donors (Lipinski definition) is 1. The maximum absolute atomic E-state index is 5.94. The molecular formula is C15H22N4S. The Balaban J connectivity index is 1.85. The van der Waals surface area contributed by atoms with E-state index < -0.39 is 0 Å². The Morgan fingerprint density at radius 2 is 2.05 bits per heavy atom. The summed E-state index contributed by atoms with van der Waals surface area (Å²) < 4.78 is 1.26. The number of rotatable bonds is 6. The fraction of sp³-hybridized carbons (Fsp3) is 0.467. The van der Waals surface area contributed by atoms with Crippen molar-refractivity contribution in [3.63, 3.8) is 0 Å². The van der Waals surface area contributed by atoms with Crippen LogP contribution in [-0.4, -0.2) is 35.5 Å². The van der Waals surface area contributed by atoms with Gasteiger partial charge in [-0.3, -0.25) is 4.99 Å². The van der Waals surface area contributed by atoms with E-state index in [1.165, 1.54) is 9.71 Å². The molecule has 5 heteroatoms. The summed E-state index contributed by atoms with van der Waals surface area (Å²) in [5.41, 5.74) is 7.04. The third-order valence-corrected chi connectivity index (χ3v) is 4.34. The SMILES string of the molecule is CCN(CC)C(N)=NCCCc1nc2ccccc2s1. The normalized spacial score (nSPS) is 12.0. The van der Waals surface area contributed by atoms with Crippen molar-refractivity contribution >= 4 is 27.5 Å². The van der Waals surface area contributed by atoms with Crippen molar-refractivity contribution in [3.05, 3.63) is 29.3 Å². The minimum absolute atomic E-state index is 0.652. The molecule has 0 aliphatic heterocycles. The minimum Gasteiger partial charge on any atom is -0.370 e. The first-order chi connectivity index (χ1) is 9.74. The van der Waals surface area contributed by atoms with Crippen molar-refractivity contribution < 1.29 is 0 Å². The van der Waals surface area contributed by atoms with Gasteiger partial charge >= 0.3 is 0 Å². The molecule has 1 aromatic carbocycles. The van der Waals surface area contributed by atoms with E-state index in [0.717, 1.165) is 38.0 Å². The Morgan fingerprint density at radius 1 is 1.30 bits per heavy atom. The fourth-order valence-electron chi connectivity index (χ4n) is 2.10. The number of hydrogen-bond acceptors (Lipinski definition) is 3. The number of fused-ring (bicyclic) bond motifs is 1. The largest absolute Gasteiger partial charge is 0.370 e. The number of nitrogens with two attached hydrogens (primary N) is 1. The summed E-state index contributed by atoms with van der Waals surface area (Å²) >= 11 is 1.77. The number of guanidine groups is 1. The summed E-state index contributed by atoms with van der Waals surface area (Å²) in [6.07, 6.45) is 1.95. The first kappa shape index (κ1) is 14.8. The molecule has 2 aromatic rings. The van der Waals surface area contributed by atoms with E-state index in [-0.39, 0.29) is 0 Å². The van der Waals surface area contributed by atoms with Crippen molar-refractivity contribution in [2.45, 2.75) is 26.7 Å². The lowest BCUT2D eigenvalue weighted by molar-refractivity contribution is 0.458. The van der Waals surface area contributed by atoms with E-state index in [1.54, 1.807) is 11.3 Å². The van der Waals surface area contributed by atoms with Gasteiger partial charge in [0.2, 0.25) is 0 Å². The molecule has 0 amide bonds. The third kappa shape index (κ3) is 3.70. The van der Waals surface area contributed by atoms with E-state index in [9.17, 15) is 0 Å². The third-order valence-electron chi connectivity index (χ3n) is 3.25. The second-order valence-electron chi connectivity index (χ2n) is 4.59. The Labute approximate surface area is 124 Å². The highest BCUT2D eigenvalue weighted by Crippen LogP contribution is 2.22. The average molecular weight is 290 g/mol. The quantitative estimate of drug-likeness (QED) is 0.505. The monoisotopic (exact) mass is 290 g/mol. The molecule has 4 nitrogen and oxygen atoms in total. The summed E-state index contributed by atoms with van der Waals surface area (Å²) in [6.45, 7) is 6.76. The molecule has 1 aromatic heterocycles. The Hall–Kier alpha value is -1.62. The molecule has 0 atom stereocenters. The fourth-order valence-corrected chi connectivity index (χ4v) is 3.11. The number of benzene rings is 1. The molecule has 2 rings (SSSR count). The standard InChI is InChI=1S/C15H22N4S/c1-3-19(4-2)15(16)17-11-7-10-14-18-12-8-5-6-9-13(12)20-14/h5-6,8-9H,3-4,7,10-11H2,1-2H3,(H2,16,17). The second-order valence-corrected chi connectivity index (χ2v) is 5.71. The summed E-state index contributed by atoms with van der Waals surface area (Å²) in [4.78, 5) is 11.1. The zero-order chi connectivity index (χ0) is 14.4. The molecule has 1 heterocycles. The Bertz CT molecular complexity index is 539. The van der Waals surface area contributed by atoms with E-state index >= 15 is 0 Å². The molecule has 0 fully saturated rings. The highest BCUT2D eigenvalue weighted by atomic mass is 32.1. The van der Waals surface area contributed by atoms with Crippen molar-refractivity contribution in [1.82, 2.24) is 9.88 Å². The zero-order valence-electron chi connectivity index (χ0n) is 12.2. The summed E-state index contributed by atoms with van der Waals surface area (Å²) in [5, 5.41) is 1.18. The van der Waals surface area contributed by atoms with Crippen LogP contribution in [0.15, 0.2) is 29.3 Å². The molecule has 0 spiro atoms. The molecule has 2 N–H and O–H groups in total. The van der Waals surface area contributed by atoms with Gasteiger partial charge in [-0.1, -0.05) is 12.1 Å². The number of aryl methyl sites for hydroxylation is 1. The molecule has 0 aliphatic rings. The van der Waals surface area contributed by atoms with Crippen LogP contribution in [0.2, 0.25) is 0 Å². The minimum atomic E-state index is 0.652. The zero-order valence-corrected chi connectivity index (χ0v) is 13.0. The van der Waals surface area contributed by atoms with Crippen LogP contribution in [-0.2, 0) is 6.42 Å². The lowest BCUT2D eigenvalue weighted by Crippen LogP contribution is -2.37. The number of thiazole rings is 1. The van der Waals surface area contributed by atoms with E-state index in [1.807, 2.05) is 6.07 Å². The van der Waals surface area contributed by atoms with E-state index in [2.05, 4.69) is 46.9 Å². The summed E-state index contributed by atoms with van der Waals surface area (Å²) in [7, 11) is 0. The van der Waals surface area contributed by atoms with Crippen molar-refractivity contribution in [1.29, 1.82) is 0 Å². The van der Waals surface area contributed by atoms with E-state index in [4.69, 9.17) is 5.73 Å². The molecule has 0 bridgehead atoms. The first-order valence-corrected chi connectivity index (χ1v) is 7.95. The van der Waals surface area contributed by atoms with Crippen LogP contribution in [0.5, 0.6) is 0 Å². The van der Waals surface area contributed by atoms with Crippen LogP contribution in [0.4, 0.5) is 0 Å². The van der Waals surface area contributed by atoms with Crippen LogP contribution in [0, 0.1) is 0 Å². The van der Waals surface area contributed by atoms with Crippen molar-refractivity contribution in [3.8, 4) is 0 Å². The summed E-state index contributed by atoms with van der Waals surface area (Å²) in [5.74, 6) is 0.652. The number of aromatic nitrogens is 1. The smallest absolute Gasteiger partial charge is 0.191 e. The molecule has 0 radical (unpaired) electrons. The Morgan fingerprint density at radius 3 is 2.75 bits per heavy atom. The molecular weight excluding hydrogens is 268 g/mol. The molecule has 0 aliphatic carbocycles. The predicted molar refractivity (Wildman–Crippen MR) is 87.4 cm³/mol. The number of para-hydroxylation sites is 1. The molecule has 0 saturated carbocycles. The molecule has 20 heavy (non-hydrogen) atoms. The molecule has 108 valence electrons. The van der Waals surface area contributed by atoms with Gasteiger partial charge in [0.15, 0.2) is 5.96 Å². The van der Waals surface area contributed by atoms with E-state index in [0.29, 0.717) is 5.96 Å². The van der Waals surface area contributed by atoms with Gasteiger partial charge < -0.3 is 10.6 Å². The lowest BCUT2D eigenvalue weighted by atomic mass is 10.3. The lowest BCUT2D eigenvalue weighted by Gasteiger charge is -2.19. The average Bonchev–Trinajstić information content (AvgIpc) is 2.87. The van der Waals surface area contributed by atoms with Crippen LogP contribution >= 0.6 is 11.3 Å². The van der Waals surface area contributed by atoms with Crippen LogP contribution in [0.25, 0.3) is 10.2 Å².